The number of methoxy groups -OCH3 is 1. The maximum atomic E-state index is 13.2. The van der Waals surface area contributed by atoms with Crippen LogP contribution in [0.15, 0.2) is 36.4 Å². The molecule has 6 heteroatoms. The Labute approximate surface area is 125 Å². The van der Waals surface area contributed by atoms with Crippen LogP contribution in [0.25, 0.3) is 11.0 Å². The van der Waals surface area contributed by atoms with Gasteiger partial charge in [0.15, 0.2) is 0 Å². The second-order valence-corrected chi connectivity index (χ2v) is 5.04. The molecule has 3 aromatic rings. The molecule has 0 saturated heterocycles. The van der Waals surface area contributed by atoms with Gasteiger partial charge in [0, 0.05) is 0 Å². The third kappa shape index (κ3) is 2.40. The van der Waals surface area contributed by atoms with Crippen molar-refractivity contribution in [2.24, 2.45) is 0 Å². The fourth-order valence-corrected chi connectivity index (χ4v) is 2.49. The Kier molecular flexibility index (Phi) is 3.43. The van der Waals surface area contributed by atoms with Crippen LogP contribution in [0.4, 0.5) is 10.3 Å². The number of hydrogen-bond donors (Lipinski definition) is 1. The van der Waals surface area contributed by atoms with Crippen molar-refractivity contribution in [1.29, 1.82) is 0 Å². The molecule has 0 radical (unpaired) electrons. The van der Waals surface area contributed by atoms with Gasteiger partial charge in [0.1, 0.15) is 17.1 Å². The minimum Gasteiger partial charge on any atom is -0.494 e. The van der Waals surface area contributed by atoms with Crippen molar-refractivity contribution in [1.82, 2.24) is 9.55 Å². The molecular weight excluding hydrogens is 293 g/mol. The van der Waals surface area contributed by atoms with Crippen molar-refractivity contribution >= 4 is 28.6 Å². The highest BCUT2D eigenvalue weighted by atomic mass is 35.5. The molecule has 2 N–H and O–H groups in total. The van der Waals surface area contributed by atoms with Crippen LogP contribution in [0.1, 0.15) is 5.56 Å². The highest BCUT2D eigenvalue weighted by Gasteiger charge is 2.12. The monoisotopic (exact) mass is 305 g/mol. The van der Waals surface area contributed by atoms with E-state index in [0.717, 1.165) is 11.1 Å². The minimum atomic E-state index is -0.439. The van der Waals surface area contributed by atoms with E-state index >= 15 is 0 Å². The number of ether oxygens (including phenoxy) is 1. The van der Waals surface area contributed by atoms with E-state index in [1.165, 1.54) is 6.07 Å². The summed E-state index contributed by atoms with van der Waals surface area (Å²) in [5, 5.41) is 0.0908. The van der Waals surface area contributed by atoms with Crippen molar-refractivity contribution in [2.45, 2.75) is 6.54 Å². The lowest BCUT2D eigenvalue weighted by atomic mass is 10.2. The van der Waals surface area contributed by atoms with Crippen LogP contribution in [-0.4, -0.2) is 16.7 Å². The molecule has 2 aromatic carbocycles. The van der Waals surface area contributed by atoms with Crippen LogP contribution in [0, 0.1) is 5.82 Å². The summed E-state index contributed by atoms with van der Waals surface area (Å²) in [7, 11) is 1.59. The molecule has 21 heavy (non-hydrogen) atoms. The Morgan fingerprint density at radius 3 is 2.86 bits per heavy atom. The number of benzene rings is 2. The Balaban J connectivity index is 2.08. The van der Waals surface area contributed by atoms with Gasteiger partial charge in [-0.05, 0) is 29.8 Å². The maximum absolute atomic E-state index is 13.2. The molecule has 0 aliphatic rings. The third-order valence-electron chi connectivity index (χ3n) is 3.32. The predicted octanol–water partition coefficient (Wildman–Crippen LogP) is 3.47. The van der Waals surface area contributed by atoms with Gasteiger partial charge >= 0.3 is 0 Å². The first-order valence-corrected chi connectivity index (χ1v) is 6.70. The summed E-state index contributed by atoms with van der Waals surface area (Å²) in [5.41, 5.74) is 8.38. The van der Waals surface area contributed by atoms with Crippen molar-refractivity contribution in [2.75, 3.05) is 12.8 Å². The maximum Gasteiger partial charge on any atom is 0.201 e. The summed E-state index contributed by atoms with van der Waals surface area (Å²) < 4.78 is 20.3. The standard InChI is InChI=1S/C15H13ClFN3O/c1-21-13-4-2-3-12-14(13)19-15(18)20(12)8-9-5-6-11(17)10(16)7-9/h2-7H,8H2,1H3,(H2,18,19). The molecule has 0 unspecified atom stereocenters. The topological polar surface area (TPSA) is 53.1 Å². The van der Waals surface area contributed by atoms with Crippen molar-refractivity contribution < 1.29 is 9.13 Å². The first-order chi connectivity index (χ1) is 10.1. The average molecular weight is 306 g/mol. The molecule has 1 heterocycles. The molecule has 0 saturated carbocycles. The Morgan fingerprint density at radius 1 is 1.33 bits per heavy atom. The van der Waals surface area contributed by atoms with E-state index in [4.69, 9.17) is 22.1 Å². The van der Waals surface area contributed by atoms with Crippen LogP contribution in [0.3, 0.4) is 0 Å². The van der Waals surface area contributed by atoms with Gasteiger partial charge in [0.05, 0.1) is 24.2 Å². The number of nitrogens with zero attached hydrogens (tertiary/aromatic N) is 2. The lowest BCUT2D eigenvalue weighted by molar-refractivity contribution is 0.419. The summed E-state index contributed by atoms with van der Waals surface area (Å²) in [6, 6.07) is 10.2. The predicted molar refractivity (Wildman–Crippen MR) is 81.2 cm³/mol. The smallest absolute Gasteiger partial charge is 0.201 e. The van der Waals surface area contributed by atoms with Crippen LogP contribution in [-0.2, 0) is 6.54 Å². The van der Waals surface area contributed by atoms with E-state index < -0.39 is 5.82 Å². The van der Waals surface area contributed by atoms with Crippen LogP contribution >= 0.6 is 11.6 Å². The highest BCUT2D eigenvalue weighted by Crippen LogP contribution is 2.28. The number of rotatable bonds is 3. The van der Waals surface area contributed by atoms with E-state index in [9.17, 15) is 4.39 Å². The number of aromatic nitrogens is 2. The minimum absolute atomic E-state index is 0.0908. The zero-order chi connectivity index (χ0) is 15.0. The zero-order valence-electron chi connectivity index (χ0n) is 11.3. The van der Waals surface area contributed by atoms with Gasteiger partial charge < -0.3 is 15.0 Å². The number of nitrogen functional groups attached to an aromatic ring is 1. The highest BCUT2D eigenvalue weighted by molar-refractivity contribution is 6.30. The van der Waals surface area contributed by atoms with Gasteiger partial charge in [0.25, 0.3) is 0 Å². The molecular formula is C15H13ClFN3O. The van der Waals surface area contributed by atoms with E-state index in [2.05, 4.69) is 4.98 Å². The van der Waals surface area contributed by atoms with E-state index in [1.54, 1.807) is 19.2 Å². The van der Waals surface area contributed by atoms with E-state index in [-0.39, 0.29) is 5.02 Å². The number of hydrogen-bond acceptors (Lipinski definition) is 3. The number of nitrogens with two attached hydrogens (primary N) is 1. The average Bonchev–Trinajstić information content (AvgIpc) is 2.79. The summed E-state index contributed by atoms with van der Waals surface area (Å²) in [6.07, 6.45) is 0. The Hall–Kier alpha value is -2.27. The number of anilines is 1. The van der Waals surface area contributed by atoms with E-state index in [0.29, 0.717) is 23.8 Å². The third-order valence-corrected chi connectivity index (χ3v) is 3.61. The largest absolute Gasteiger partial charge is 0.494 e. The summed E-state index contributed by atoms with van der Waals surface area (Å²) in [5.74, 6) is 0.593. The second-order valence-electron chi connectivity index (χ2n) is 4.63. The molecule has 108 valence electrons. The van der Waals surface area contributed by atoms with E-state index in [1.807, 2.05) is 22.8 Å². The molecule has 0 spiro atoms. The Morgan fingerprint density at radius 2 is 2.14 bits per heavy atom. The fourth-order valence-electron chi connectivity index (χ4n) is 2.29. The van der Waals surface area contributed by atoms with Gasteiger partial charge in [-0.1, -0.05) is 23.7 Å². The van der Waals surface area contributed by atoms with Crippen LogP contribution in [0.5, 0.6) is 5.75 Å². The quantitative estimate of drug-likeness (QED) is 0.806. The van der Waals surface area contributed by atoms with Crippen molar-refractivity contribution in [3.05, 3.63) is 52.8 Å². The summed E-state index contributed by atoms with van der Waals surface area (Å²) >= 11 is 5.81. The molecule has 0 aliphatic carbocycles. The van der Waals surface area contributed by atoms with Gasteiger partial charge in [-0.2, -0.15) is 0 Å². The van der Waals surface area contributed by atoms with Gasteiger partial charge in [-0.15, -0.1) is 0 Å². The molecule has 0 amide bonds. The normalized spacial score (nSPS) is 11.0. The number of imidazole rings is 1. The lowest BCUT2D eigenvalue weighted by Crippen LogP contribution is -2.04. The molecule has 1 aromatic heterocycles. The van der Waals surface area contributed by atoms with Crippen molar-refractivity contribution in [3.63, 3.8) is 0 Å². The summed E-state index contributed by atoms with van der Waals surface area (Å²) in [4.78, 5) is 4.33. The van der Waals surface area contributed by atoms with Crippen LogP contribution in [0.2, 0.25) is 5.02 Å². The molecule has 4 nitrogen and oxygen atoms in total. The molecule has 0 fully saturated rings. The van der Waals surface area contributed by atoms with Gasteiger partial charge in [-0.3, -0.25) is 0 Å². The molecule has 0 bridgehead atoms. The first kappa shape index (κ1) is 13.7. The lowest BCUT2D eigenvalue weighted by Gasteiger charge is -2.08. The molecule has 0 aliphatic heterocycles. The fraction of sp³-hybridized carbons (Fsp3) is 0.133. The number of halogens is 2. The second kappa shape index (κ2) is 5.26. The number of fused-ring (bicyclic) bond motifs is 1. The van der Waals surface area contributed by atoms with Gasteiger partial charge in [0.2, 0.25) is 5.95 Å². The SMILES string of the molecule is COc1cccc2c1nc(N)n2Cc1ccc(F)c(Cl)c1. The zero-order valence-corrected chi connectivity index (χ0v) is 12.1. The van der Waals surface area contributed by atoms with Crippen molar-refractivity contribution in [3.8, 4) is 5.75 Å². The van der Waals surface area contributed by atoms with Gasteiger partial charge in [-0.25, -0.2) is 9.37 Å². The molecule has 0 atom stereocenters. The summed E-state index contributed by atoms with van der Waals surface area (Å²) in [6.45, 7) is 0.454. The first-order valence-electron chi connectivity index (χ1n) is 6.33. The molecule has 3 rings (SSSR count). The number of para-hydroxylation sites is 1. The van der Waals surface area contributed by atoms with Crippen LogP contribution < -0.4 is 10.5 Å². The Bertz CT molecular complexity index is 816.